The van der Waals surface area contributed by atoms with Crippen molar-refractivity contribution in [3.8, 4) is 0 Å². The number of amides is 1. The van der Waals surface area contributed by atoms with Crippen LogP contribution in [0.4, 0.5) is 0 Å². The van der Waals surface area contributed by atoms with E-state index in [0.29, 0.717) is 18.7 Å². The second-order valence-electron chi connectivity index (χ2n) is 7.01. The Kier molecular flexibility index (Phi) is 7.86. The molecule has 0 atom stereocenters. The minimum atomic E-state index is -0.0592. The summed E-state index contributed by atoms with van der Waals surface area (Å²) in [5.74, 6) is 0.658. The number of ether oxygens (including phenoxy) is 1. The summed E-state index contributed by atoms with van der Waals surface area (Å²) in [4.78, 5) is 17.4. The third-order valence-electron chi connectivity index (χ3n) is 4.34. The summed E-state index contributed by atoms with van der Waals surface area (Å²) in [5, 5.41) is 5.11. The fraction of sp³-hybridized carbons (Fsp3) is 0.304. The molecule has 1 heterocycles. The van der Waals surface area contributed by atoms with Crippen LogP contribution in [0, 0.1) is 6.92 Å². The van der Waals surface area contributed by atoms with Crippen molar-refractivity contribution in [1.29, 1.82) is 0 Å². The summed E-state index contributed by atoms with van der Waals surface area (Å²) in [6.45, 7) is 7.05. The Bertz CT molecular complexity index is 953. The van der Waals surface area contributed by atoms with Crippen LogP contribution in [0.3, 0.4) is 0 Å². The van der Waals surface area contributed by atoms with Gasteiger partial charge in [0.1, 0.15) is 4.34 Å². The van der Waals surface area contributed by atoms with E-state index >= 15 is 0 Å². The number of nitrogens with one attached hydrogen (secondary N) is 1. The second-order valence-corrected chi connectivity index (χ2v) is 9.09. The molecule has 1 N–H and O–H groups in total. The first kappa shape index (κ1) is 21.6. The molecule has 0 radical (unpaired) electrons. The fourth-order valence-electron chi connectivity index (χ4n) is 2.80. The number of nitrogens with zero attached hydrogens (tertiary/aromatic N) is 1. The highest BCUT2D eigenvalue weighted by atomic mass is 32.2. The molecular weight excluding hydrogens is 400 g/mol. The topological polar surface area (TPSA) is 51.2 Å². The lowest BCUT2D eigenvalue weighted by molar-refractivity contribution is 0.0651. The van der Waals surface area contributed by atoms with Crippen molar-refractivity contribution in [2.24, 2.45) is 0 Å². The Morgan fingerprint density at radius 3 is 2.48 bits per heavy atom. The predicted molar refractivity (Wildman–Crippen MR) is 120 cm³/mol. The third-order valence-corrected chi connectivity index (χ3v) is 6.53. The van der Waals surface area contributed by atoms with E-state index in [9.17, 15) is 4.79 Å². The van der Waals surface area contributed by atoms with Crippen molar-refractivity contribution in [1.82, 2.24) is 10.3 Å². The van der Waals surface area contributed by atoms with Crippen LogP contribution in [0.15, 0.2) is 58.3 Å². The first-order valence-corrected chi connectivity index (χ1v) is 11.5. The number of aryl methyl sites for hydroxylation is 1. The summed E-state index contributed by atoms with van der Waals surface area (Å²) >= 11 is 3.30. The quantitative estimate of drug-likeness (QED) is 0.453. The molecule has 2 aromatic carbocycles. The first-order valence-electron chi connectivity index (χ1n) is 9.62. The number of rotatable bonds is 9. The van der Waals surface area contributed by atoms with Gasteiger partial charge >= 0.3 is 0 Å². The maximum Gasteiger partial charge on any atom is 0.251 e. The normalized spacial score (nSPS) is 11.0. The average Bonchev–Trinajstić information content (AvgIpc) is 3.15. The van der Waals surface area contributed by atoms with Crippen molar-refractivity contribution in [3.63, 3.8) is 0 Å². The van der Waals surface area contributed by atoms with E-state index in [1.807, 2.05) is 74.7 Å². The molecule has 29 heavy (non-hydrogen) atoms. The molecule has 0 spiro atoms. The zero-order valence-corrected chi connectivity index (χ0v) is 18.6. The van der Waals surface area contributed by atoms with Crippen molar-refractivity contribution < 1.29 is 9.53 Å². The third kappa shape index (κ3) is 6.42. The molecule has 0 aliphatic rings. The summed E-state index contributed by atoms with van der Waals surface area (Å²) in [7, 11) is 0. The highest BCUT2D eigenvalue weighted by molar-refractivity contribution is 8.00. The van der Waals surface area contributed by atoms with Crippen molar-refractivity contribution >= 4 is 29.0 Å². The van der Waals surface area contributed by atoms with E-state index in [-0.39, 0.29) is 12.0 Å². The lowest BCUT2D eigenvalue weighted by atomic mass is 10.1. The van der Waals surface area contributed by atoms with Crippen LogP contribution in [0.25, 0.3) is 0 Å². The monoisotopic (exact) mass is 426 g/mol. The van der Waals surface area contributed by atoms with Gasteiger partial charge < -0.3 is 10.1 Å². The van der Waals surface area contributed by atoms with E-state index in [2.05, 4.69) is 10.3 Å². The molecule has 0 saturated heterocycles. The molecule has 0 saturated carbocycles. The fourth-order valence-corrected chi connectivity index (χ4v) is 4.66. The van der Waals surface area contributed by atoms with Gasteiger partial charge in [0, 0.05) is 28.9 Å². The molecule has 1 aromatic heterocycles. The molecule has 4 nitrogen and oxygen atoms in total. The molecule has 1 amide bonds. The van der Waals surface area contributed by atoms with Gasteiger partial charge in [0.05, 0.1) is 12.7 Å². The maximum atomic E-state index is 12.9. The number of hydrogen-bond acceptors (Lipinski definition) is 5. The van der Waals surface area contributed by atoms with Crippen LogP contribution in [-0.2, 0) is 23.6 Å². The standard InChI is InChI=1S/C23H26N2O2S2/c1-16(2)27-13-19-9-5-4-8-18(19)12-24-22(26)21-11-7-6-10-20(21)15-29-23-25-17(3)14-28-23/h4-11,14,16H,12-13,15H2,1-3H3,(H,24,26). The maximum absolute atomic E-state index is 12.9. The number of aromatic nitrogens is 1. The minimum absolute atomic E-state index is 0.0592. The Balaban J connectivity index is 1.64. The molecule has 0 aliphatic heterocycles. The number of carbonyl (C=O) groups is 1. The Hall–Kier alpha value is -2.15. The van der Waals surface area contributed by atoms with Gasteiger partial charge in [0.15, 0.2) is 0 Å². The van der Waals surface area contributed by atoms with E-state index in [1.54, 1.807) is 23.1 Å². The lowest BCUT2D eigenvalue weighted by Gasteiger charge is -2.14. The molecule has 152 valence electrons. The van der Waals surface area contributed by atoms with Gasteiger partial charge in [0.2, 0.25) is 0 Å². The van der Waals surface area contributed by atoms with Crippen LogP contribution >= 0.6 is 23.1 Å². The van der Waals surface area contributed by atoms with Gasteiger partial charge in [-0.25, -0.2) is 4.98 Å². The van der Waals surface area contributed by atoms with Gasteiger partial charge in [-0.2, -0.15) is 0 Å². The highest BCUT2D eigenvalue weighted by Crippen LogP contribution is 2.27. The number of hydrogen-bond donors (Lipinski definition) is 1. The predicted octanol–water partition coefficient (Wildman–Crippen LogP) is 5.60. The summed E-state index contributed by atoms with van der Waals surface area (Å²) in [5.41, 5.74) is 4.93. The highest BCUT2D eigenvalue weighted by Gasteiger charge is 2.13. The zero-order chi connectivity index (χ0) is 20.6. The number of thioether (sulfide) groups is 1. The van der Waals surface area contributed by atoms with Gasteiger partial charge in [-0.05, 0) is 43.5 Å². The van der Waals surface area contributed by atoms with Gasteiger partial charge in [-0.3, -0.25) is 4.79 Å². The smallest absolute Gasteiger partial charge is 0.251 e. The average molecular weight is 427 g/mol. The van der Waals surface area contributed by atoms with E-state index in [0.717, 1.165) is 32.5 Å². The molecule has 0 aliphatic carbocycles. The van der Waals surface area contributed by atoms with Crippen LogP contribution in [-0.4, -0.2) is 17.0 Å². The lowest BCUT2D eigenvalue weighted by Crippen LogP contribution is -2.24. The van der Waals surface area contributed by atoms with Gasteiger partial charge in [-0.15, -0.1) is 11.3 Å². The van der Waals surface area contributed by atoms with Crippen molar-refractivity contribution in [3.05, 3.63) is 81.9 Å². The molecular formula is C23H26N2O2S2. The molecule has 0 unspecified atom stereocenters. The number of thiazole rings is 1. The molecule has 3 rings (SSSR count). The van der Waals surface area contributed by atoms with Crippen LogP contribution in [0.2, 0.25) is 0 Å². The Morgan fingerprint density at radius 2 is 1.79 bits per heavy atom. The van der Waals surface area contributed by atoms with E-state index in [4.69, 9.17) is 4.74 Å². The largest absolute Gasteiger partial charge is 0.374 e. The first-order chi connectivity index (χ1) is 14.0. The SMILES string of the molecule is Cc1csc(SCc2ccccc2C(=O)NCc2ccccc2COC(C)C)n1. The van der Waals surface area contributed by atoms with Crippen LogP contribution < -0.4 is 5.32 Å². The second kappa shape index (κ2) is 10.6. The van der Waals surface area contributed by atoms with E-state index < -0.39 is 0 Å². The van der Waals surface area contributed by atoms with Crippen LogP contribution in [0.5, 0.6) is 0 Å². The molecule has 0 fully saturated rings. The minimum Gasteiger partial charge on any atom is -0.374 e. The van der Waals surface area contributed by atoms with Crippen LogP contribution in [0.1, 0.15) is 46.6 Å². The summed E-state index contributed by atoms with van der Waals surface area (Å²) in [6.07, 6.45) is 0.170. The van der Waals surface area contributed by atoms with Gasteiger partial charge in [0.25, 0.3) is 5.91 Å². The molecule has 6 heteroatoms. The van der Waals surface area contributed by atoms with Crippen molar-refractivity contribution in [2.45, 2.75) is 50.1 Å². The summed E-state index contributed by atoms with van der Waals surface area (Å²) < 4.78 is 6.76. The zero-order valence-electron chi connectivity index (χ0n) is 17.0. The van der Waals surface area contributed by atoms with Gasteiger partial charge in [-0.1, -0.05) is 54.2 Å². The molecule has 0 bridgehead atoms. The number of carbonyl (C=O) groups excluding carboxylic acids is 1. The van der Waals surface area contributed by atoms with E-state index in [1.165, 1.54) is 0 Å². The number of benzene rings is 2. The Labute approximate surface area is 180 Å². The summed E-state index contributed by atoms with van der Waals surface area (Å²) in [6, 6.07) is 15.8. The van der Waals surface area contributed by atoms with Crippen molar-refractivity contribution in [2.75, 3.05) is 0 Å². The molecule has 3 aromatic rings. The Morgan fingerprint density at radius 1 is 1.10 bits per heavy atom.